The molecule has 1 atom stereocenters. The summed E-state index contributed by atoms with van der Waals surface area (Å²) in [5.41, 5.74) is 1.18. The fourth-order valence-electron chi connectivity index (χ4n) is 3.63. The van der Waals surface area contributed by atoms with E-state index in [1.54, 1.807) is 0 Å². The third-order valence-electron chi connectivity index (χ3n) is 5.33. The fraction of sp³-hybridized carbons (Fsp3) is 0.611. The topological polar surface area (TPSA) is 41.1 Å². The van der Waals surface area contributed by atoms with Gasteiger partial charge in [0, 0.05) is 18.4 Å². The second kappa shape index (κ2) is 8.11. The van der Waals surface area contributed by atoms with Crippen LogP contribution >= 0.6 is 12.4 Å². The summed E-state index contributed by atoms with van der Waals surface area (Å²) in [4.78, 5) is 12.1. The molecule has 1 aromatic rings. The molecule has 2 aliphatic rings. The lowest BCUT2D eigenvalue weighted by molar-refractivity contribution is -0.121. The normalized spacial score (nSPS) is 22.0. The van der Waals surface area contributed by atoms with Gasteiger partial charge in [-0.25, -0.2) is 4.39 Å². The zero-order valence-corrected chi connectivity index (χ0v) is 14.3. The molecular formula is C18H26ClFN2O. The standard InChI is InChI=1S/C18H25FN2O.ClH/c19-16-5-3-15(4-6-16)18(9-1-10-18)13-21-17(22)7-2-14-8-11-20-12-14;/h3-6,14,20H,1-2,7-13H2,(H,21,22);1H. The minimum Gasteiger partial charge on any atom is -0.355 e. The summed E-state index contributed by atoms with van der Waals surface area (Å²) in [6.07, 6.45) is 6.11. The molecule has 0 spiro atoms. The average molecular weight is 341 g/mol. The fourth-order valence-corrected chi connectivity index (χ4v) is 3.63. The van der Waals surface area contributed by atoms with Gasteiger partial charge in [-0.2, -0.15) is 0 Å². The first-order chi connectivity index (χ1) is 10.7. The molecule has 1 amide bonds. The van der Waals surface area contributed by atoms with E-state index in [0.29, 0.717) is 18.9 Å². The lowest BCUT2D eigenvalue weighted by Gasteiger charge is -2.42. The van der Waals surface area contributed by atoms with Crippen LogP contribution in [-0.2, 0) is 10.2 Å². The SMILES string of the molecule is Cl.O=C(CCC1CCNC1)NCC1(c2ccc(F)cc2)CCC1. The Bertz CT molecular complexity index is 510. The minimum absolute atomic E-state index is 0. The molecule has 1 aromatic carbocycles. The largest absolute Gasteiger partial charge is 0.355 e. The van der Waals surface area contributed by atoms with Gasteiger partial charge in [-0.3, -0.25) is 4.79 Å². The van der Waals surface area contributed by atoms with Crippen molar-refractivity contribution in [1.82, 2.24) is 10.6 Å². The van der Waals surface area contributed by atoms with Crippen LogP contribution in [-0.4, -0.2) is 25.5 Å². The van der Waals surface area contributed by atoms with Crippen LogP contribution in [0.15, 0.2) is 24.3 Å². The number of halogens is 2. The van der Waals surface area contributed by atoms with Crippen LogP contribution in [0.2, 0.25) is 0 Å². The molecule has 0 bridgehead atoms. The van der Waals surface area contributed by atoms with Crippen LogP contribution in [0.3, 0.4) is 0 Å². The molecule has 1 saturated heterocycles. The van der Waals surface area contributed by atoms with Crippen LogP contribution in [0.4, 0.5) is 4.39 Å². The monoisotopic (exact) mass is 340 g/mol. The molecule has 128 valence electrons. The van der Waals surface area contributed by atoms with Gasteiger partial charge in [0.1, 0.15) is 5.82 Å². The lowest BCUT2D eigenvalue weighted by Crippen LogP contribution is -2.45. The molecular weight excluding hydrogens is 315 g/mol. The number of hydrogen-bond acceptors (Lipinski definition) is 2. The highest BCUT2D eigenvalue weighted by Crippen LogP contribution is 2.43. The van der Waals surface area contributed by atoms with Crippen LogP contribution in [0, 0.1) is 11.7 Å². The molecule has 1 unspecified atom stereocenters. The molecule has 0 radical (unpaired) electrons. The van der Waals surface area contributed by atoms with Gasteiger partial charge >= 0.3 is 0 Å². The van der Waals surface area contributed by atoms with Gasteiger partial charge in [-0.05, 0) is 62.4 Å². The Labute approximate surface area is 143 Å². The Kier molecular flexibility index (Phi) is 6.42. The zero-order valence-electron chi connectivity index (χ0n) is 13.4. The van der Waals surface area contributed by atoms with Crippen LogP contribution in [0.1, 0.15) is 44.1 Å². The number of carbonyl (C=O) groups excluding carboxylic acids is 1. The zero-order chi connectivity index (χ0) is 15.4. The summed E-state index contributed by atoms with van der Waals surface area (Å²) in [5, 5.41) is 6.44. The number of hydrogen-bond donors (Lipinski definition) is 2. The molecule has 1 saturated carbocycles. The van der Waals surface area contributed by atoms with Gasteiger partial charge in [0.15, 0.2) is 0 Å². The molecule has 5 heteroatoms. The number of benzene rings is 1. The maximum Gasteiger partial charge on any atom is 0.220 e. The Balaban J connectivity index is 0.00000192. The van der Waals surface area contributed by atoms with Crippen LogP contribution in [0.5, 0.6) is 0 Å². The predicted octanol–water partition coefficient (Wildman–Crippen LogP) is 3.18. The molecule has 1 heterocycles. The summed E-state index contributed by atoms with van der Waals surface area (Å²) in [6, 6.07) is 6.77. The highest BCUT2D eigenvalue weighted by Gasteiger charge is 2.38. The smallest absolute Gasteiger partial charge is 0.220 e. The summed E-state index contributed by atoms with van der Waals surface area (Å²) >= 11 is 0. The molecule has 23 heavy (non-hydrogen) atoms. The third-order valence-corrected chi connectivity index (χ3v) is 5.33. The first-order valence-electron chi connectivity index (χ1n) is 8.41. The minimum atomic E-state index is -0.201. The number of carbonyl (C=O) groups is 1. The molecule has 1 aliphatic heterocycles. The van der Waals surface area contributed by atoms with Crippen molar-refractivity contribution in [3.8, 4) is 0 Å². The van der Waals surface area contributed by atoms with Crippen LogP contribution in [0.25, 0.3) is 0 Å². The second-order valence-corrected chi connectivity index (χ2v) is 6.82. The summed E-state index contributed by atoms with van der Waals surface area (Å²) < 4.78 is 13.1. The van der Waals surface area contributed by atoms with Crippen molar-refractivity contribution >= 4 is 18.3 Å². The average Bonchev–Trinajstić information content (AvgIpc) is 2.99. The van der Waals surface area contributed by atoms with E-state index in [2.05, 4.69) is 10.6 Å². The van der Waals surface area contributed by atoms with Crippen molar-refractivity contribution in [2.75, 3.05) is 19.6 Å². The van der Waals surface area contributed by atoms with Crippen molar-refractivity contribution in [3.05, 3.63) is 35.6 Å². The van der Waals surface area contributed by atoms with E-state index in [0.717, 1.165) is 37.9 Å². The van der Waals surface area contributed by atoms with Gasteiger partial charge in [0.25, 0.3) is 0 Å². The molecule has 3 rings (SSSR count). The van der Waals surface area contributed by atoms with Crippen molar-refractivity contribution in [2.45, 2.75) is 43.9 Å². The van der Waals surface area contributed by atoms with E-state index in [4.69, 9.17) is 0 Å². The number of nitrogens with one attached hydrogen (secondary N) is 2. The predicted molar refractivity (Wildman–Crippen MR) is 92.4 cm³/mol. The van der Waals surface area contributed by atoms with Crippen molar-refractivity contribution in [3.63, 3.8) is 0 Å². The molecule has 1 aliphatic carbocycles. The van der Waals surface area contributed by atoms with Gasteiger partial charge in [0.2, 0.25) is 5.91 Å². The van der Waals surface area contributed by atoms with E-state index in [1.807, 2.05) is 12.1 Å². The maximum absolute atomic E-state index is 13.1. The first kappa shape index (κ1) is 18.2. The van der Waals surface area contributed by atoms with E-state index in [-0.39, 0.29) is 29.5 Å². The summed E-state index contributed by atoms with van der Waals surface area (Å²) in [6.45, 7) is 2.81. The Morgan fingerprint density at radius 1 is 1.30 bits per heavy atom. The molecule has 2 fully saturated rings. The Morgan fingerprint density at radius 3 is 2.61 bits per heavy atom. The first-order valence-corrected chi connectivity index (χ1v) is 8.41. The van der Waals surface area contributed by atoms with Gasteiger partial charge in [-0.1, -0.05) is 18.6 Å². The quantitative estimate of drug-likeness (QED) is 0.835. The second-order valence-electron chi connectivity index (χ2n) is 6.82. The van der Waals surface area contributed by atoms with Crippen molar-refractivity contribution in [1.29, 1.82) is 0 Å². The van der Waals surface area contributed by atoms with Crippen molar-refractivity contribution < 1.29 is 9.18 Å². The lowest BCUT2D eigenvalue weighted by atomic mass is 9.64. The molecule has 2 N–H and O–H groups in total. The highest BCUT2D eigenvalue weighted by molar-refractivity contribution is 5.85. The highest BCUT2D eigenvalue weighted by atomic mass is 35.5. The van der Waals surface area contributed by atoms with E-state index >= 15 is 0 Å². The third kappa shape index (κ3) is 4.45. The Morgan fingerprint density at radius 2 is 2.04 bits per heavy atom. The van der Waals surface area contributed by atoms with E-state index in [1.165, 1.54) is 25.0 Å². The van der Waals surface area contributed by atoms with Gasteiger partial charge < -0.3 is 10.6 Å². The van der Waals surface area contributed by atoms with E-state index in [9.17, 15) is 9.18 Å². The molecule has 0 aromatic heterocycles. The number of rotatable bonds is 6. The van der Waals surface area contributed by atoms with Crippen molar-refractivity contribution in [2.24, 2.45) is 5.92 Å². The maximum atomic E-state index is 13.1. The van der Waals surface area contributed by atoms with Gasteiger partial charge in [-0.15, -0.1) is 12.4 Å². The van der Waals surface area contributed by atoms with E-state index < -0.39 is 0 Å². The van der Waals surface area contributed by atoms with Crippen LogP contribution < -0.4 is 10.6 Å². The molecule has 3 nitrogen and oxygen atoms in total. The summed E-state index contributed by atoms with van der Waals surface area (Å²) in [7, 11) is 0. The summed E-state index contributed by atoms with van der Waals surface area (Å²) in [5.74, 6) is 0.605. The Hall–Kier alpha value is -1.13. The van der Waals surface area contributed by atoms with Gasteiger partial charge in [0.05, 0.1) is 0 Å². The number of amides is 1.